The van der Waals surface area contributed by atoms with Gasteiger partial charge in [0, 0.05) is 31.4 Å². The summed E-state index contributed by atoms with van der Waals surface area (Å²) in [6.07, 6.45) is 10.4. The molecule has 2 rings (SSSR count). The predicted octanol–water partition coefficient (Wildman–Crippen LogP) is 0.748. The van der Waals surface area contributed by atoms with Gasteiger partial charge in [0.25, 0.3) is 11.8 Å². The van der Waals surface area contributed by atoms with Crippen molar-refractivity contribution < 1.29 is 9.59 Å². The van der Waals surface area contributed by atoms with Gasteiger partial charge in [-0.3, -0.25) is 19.2 Å². The molecule has 1 aliphatic heterocycles. The Morgan fingerprint density at radius 3 is 3.00 bits per heavy atom. The van der Waals surface area contributed by atoms with Crippen LogP contribution in [0.2, 0.25) is 0 Å². The highest BCUT2D eigenvalue weighted by molar-refractivity contribution is 6.06. The van der Waals surface area contributed by atoms with Crippen molar-refractivity contribution in [1.82, 2.24) is 14.7 Å². The molecule has 0 atom stereocenters. The Morgan fingerprint density at radius 1 is 1.53 bits per heavy atom. The van der Waals surface area contributed by atoms with Gasteiger partial charge in [-0.25, -0.2) is 0 Å². The number of carbonyl (C=O) groups excluding carboxylic acids is 2. The maximum Gasteiger partial charge on any atom is 0.253 e. The van der Waals surface area contributed by atoms with Gasteiger partial charge in [-0.2, -0.15) is 5.10 Å². The maximum absolute atomic E-state index is 11.7. The smallest absolute Gasteiger partial charge is 0.253 e. The van der Waals surface area contributed by atoms with E-state index >= 15 is 0 Å². The molecule has 0 saturated carbocycles. The van der Waals surface area contributed by atoms with Crippen LogP contribution in [0.4, 0.5) is 0 Å². The number of aromatic nitrogens is 2. The first kappa shape index (κ1) is 11.3. The van der Waals surface area contributed by atoms with Gasteiger partial charge in [0.1, 0.15) is 0 Å². The van der Waals surface area contributed by atoms with Crippen LogP contribution in [0.3, 0.4) is 0 Å². The van der Waals surface area contributed by atoms with E-state index in [2.05, 4.69) is 5.10 Å². The summed E-state index contributed by atoms with van der Waals surface area (Å²) < 4.78 is 1.65. The summed E-state index contributed by atoms with van der Waals surface area (Å²) in [7, 11) is 1.80. The molecule has 0 bridgehead atoms. The largest absolute Gasteiger partial charge is 0.275 e. The molecule has 1 aromatic heterocycles. The molecule has 0 saturated heterocycles. The van der Waals surface area contributed by atoms with Crippen LogP contribution in [-0.4, -0.2) is 33.0 Å². The first-order chi connectivity index (χ1) is 8.16. The van der Waals surface area contributed by atoms with Gasteiger partial charge in [-0.05, 0) is 18.6 Å². The summed E-state index contributed by atoms with van der Waals surface area (Å²) >= 11 is 0. The number of hydrogen-bond donors (Lipinski definition) is 0. The molecule has 1 aliphatic rings. The normalized spacial score (nSPS) is 15.8. The molecule has 2 amide bonds. The van der Waals surface area contributed by atoms with Crippen LogP contribution in [0.5, 0.6) is 0 Å². The summed E-state index contributed by atoms with van der Waals surface area (Å²) in [4.78, 5) is 24.4. The summed E-state index contributed by atoms with van der Waals surface area (Å²) in [5.74, 6) is -0.541. The molecule has 0 aliphatic carbocycles. The molecule has 0 N–H and O–H groups in total. The van der Waals surface area contributed by atoms with Crippen molar-refractivity contribution in [2.45, 2.75) is 6.42 Å². The second-order valence-corrected chi connectivity index (χ2v) is 3.80. The number of hydrogen-bond acceptors (Lipinski definition) is 3. The molecular formula is C12H13N3O2. The van der Waals surface area contributed by atoms with Crippen molar-refractivity contribution >= 4 is 17.9 Å². The average molecular weight is 231 g/mol. The monoisotopic (exact) mass is 231 g/mol. The molecule has 5 heteroatoms. The van der Waals surface area contributed by atoms with E-state index in [-0.39, 0.29) is 11.8 Å². The van der Waals surface area contributed by atoms with Gasteiger partial charge in [0.2, 0.25) is 0 Å². The predicted molar refractivity (Wildman–Crippen MR) is 62.7 cm³/mol. The Bertz CT molecular complexity index is 500. The Morgan fingerprint density at radius 2 is 2.35 bits per heavy atom. The maximum atomic E-state index is 11.7. The SMILES string of the molecule is Cn1cc(C=CC(=O)N2CCC=CC2=O)cn1. The zero-order chi connectivity index (χ0) is 12.3. The lowest BCUT2D eigenvalue weighted by Crippen LogP contribution is -2.37. The summed E-state index contributed by atoms with van der Waals surface area (Å²) in [5.41, 5.74) is 0.834. The van der Waals surface area contributed by atoms with Crippen LogP contribution in [-0.2, 0) is 16.6 Å². The van der Waals surface area contributed by atoms with E-state index in [0.29, 0.717) is 6.54 Å². The number of amides is 2. The van der Waals surface area contributed by atoms with Crippen molar-refractivity contribution in [3.8, 4) is 0 Å². The average Bonchev–Trinajstić information content (AvgIpc) is 2.73. The molecule has 0 unspecified atom stereocenters. The highest BCUT2D eigenvalue weighted by Crippen LogP contribution is 2.06. The number of imide groups is 1. The third kappa shape index (κ3) is 2.69. The van der Waals surface area contributed by atoms with E-state index in [9.17, 15) is 9.59 Å². The fraction of sp³-hybridized carbons (Fsp3) is 0.250. The Balaban J connectivity index is 2.04. The Labute approximate surface area is 99.0 Å². The van der Waals surface area contributed by atoms with Crippen LogP contribution in [0.15, 0.2) is 30.6 Å². The van der Waals surface area contributed by atoms with Crippen LogP contribution in [0, 0.1) is 0 Å². The minimum Gasteiger partial charge on any atom is -0.275 e. The van der Waals surface area contributed by atoms with E-state index < -0.39 is 0 Å². The van der Waals surface area contributed by atoms with Gasteiger partial charge in [0.15, 0.2) is 0 Å². The molecule has 5 nitrogen and oxygen atoms in total. The van der Waals surface area contributed by atoms with Crippen molar-refractivity contribution in [2.24, 2.45) is 7.05 Å². The Kier molecular flexibility index (Phi) is 3.18. The molecule has 1 aromatic rings. The molecule has 0 radical (unpaired) electrons. The molecule has 0 fully saturated rings. The second kappa shape index (κ2) is 4.78. The molecule has 0 spiro atoms. The molecule has 88 valence electrons. The molecule has 2 heterocycles. The van der Waals surface area contributed by atoms with Crippen LogP contribution in [0.25, 0.3) is 6.08 Å². The number of nitrogens with zero attached hydrogens (tertiary/aromatic N) is 3. The fourth-order valence-corrected chi connectivity index (χ4v) is 1.59. The van der Waals surface area contributed by atoms with Gasteiger partial charge in [0.05, 0.1) is 6.20 Å². The van der Waals surface area contributed by atoms with Crippen molar-refractivity contribution in [2.75, 3.05) is 6.54 Å². The zero-order valence-corrected chi connectivity index (χ0v) is 9.54. The summed E-state index contributed by atoms with van der Waals surface area (Å²) in [6.45, 7) is 0.450. The van der Waals surface area contributed by atoms with E-state index in [1.165, 1.54) is 17.1 Å². The quantitative estimate of drug-likeness (QED) is 0.706. The highest BCUT2D eigenvalue weighted by Gasteiger charge is 2.18. The minimum absolute atomic E-state index is 0.253. The van der Waals surface area contributed by atoms with E-state index in [0.717, 1.165) is 12.0 Å². The lowest BCUT2D eigenvalue weighted by atomic mass is 10.2. The third-order valence-corrected chi connectivity index (χ3v) is 2.46. The first-order valence-corrected chi connectivity index (χ1v) is 5.35. The Hall–Kier alpha value is -2.17. The van der Waals surface area contributed by atoms with Crippen LogP contribution >= 0.6 is 0 Å². The second-order valence-electron chi connectivity index (χ2n) is 3.80. The lowest BCUT2D eigenvalue weighted by Gasteiger charge is -2.19. The van der Waals surface area contributed by atoms with E-state index in [1.54, 1.807) is 36.3 Å². The van der Waals surface area contributed by atoms with Gasteiger partial charge in [-0.15, -0.1) is 0 Å². The number of carbonyl (C=O) groups is 2. The van der Waals surface area contributed by atoms with E-state index in [4.69, 9.17) is 0 Å². The highest BCUT2D eigenvalue weighted by atomic mass is 16.2. The van der Waals surface area contributed by atoms with Gasteiger partial charge >= 0.3 is 0 Å². The molecule has 17 heavy (non-hydrogen) atoms. The molecular weight excluding hydrogens is 218 g/mol. The topological polar surface area (TPSA) is 55.2 Å². The van der Waals surface area contributed by atoms with E-state index in [1.807, 2.05) is 0 Å². The van der Waals surface area contributed by atoms with Gasteiger partial charge in [-0.1, -0.05) is 6.08 Å². The van der Waals surface area contributed by atoms with Crippen LogP contribution in [0.1, 0.15) is 12.0 Å². The standard InChI is InChI=1S/C12H13N3O2/c1-14-9-10(8-13-14)5-6-12(17)15-7-3-2-4-11(15)16/h2,4-6,8-9H,3,7H2,1H3. The van der Waals surface area contributed by atoms with Crippen LogP contribution < -0.4 is 0 Å². The lowest BCUT2D eigenvalue weighted by molar-refractivity contribution is -0.139. The minimum atomic E-state index is -0.289. The number of aryl methyl sites for hydroxylation is 1. The molecule has 0 aromatic carbocycles. The van der Waals surface area contributed by atoms with Gasteiger partial charge < -0.3 is 0 Å². The number of rotatable bonds is 2. The van der Waals surface area contributed by atoms with Crippen molar-refractivity contribution in [3.05, 3.63) is 36.2 Å². The summed E-state index contributed by atoms with van der Waals surface area (Å²) in [5, 5.41) is 3.98. The third-order valence-electron chi connectivity index (χ3n) is 2.46. The summed E-state index contributed by atoms with van der Waals surface area (Å²) in [6, 6.07) is 0. The fourth-order valence-electron chi connectivity index (χ4n) is 1.59. The van der Waals surface area contributed by atoms with Crippen molar-refractivity contribution in [3.63, 3.8) is 0 Å². The first-order valence-electron chi connectivity index (χ1n) is 5.35. The van der Waals surface area contributed by atoms with Crippen molar-refractivity contribution in [1.29, 1.82) is 0 Å². The zero-order valence-electron chi connectivity index (χ0n) is 9.54.